The van der Waals surface area contributed by atoms with E-state index in [9.17, 15) is 4.79 Å². The smallest absolute Gasteiger partial charge is 0.254 e. The first kappa shape index (κ1) is 20.8. The number of carbonyl (C=O) groups excluding carboxylic acids is 1. The molecule has 0 unspecified atom stereocenters. The van der Waals surface area contributed by atoms with Crippen LogP contribution < -0.4 is 10.5 Å². The average molecular weight is 395 g/mol. The molecule has 1 heterocycles. The van der Waals surface area contributed by atoms with Gasteiger partial charge in [-0.1, -0.05) is 19.3 Å². The summed E-state index contributed by atoms with van der Waals surface area (Å²) < 4.78 is 5.53. The lowest BCUT2D eigenvalue weighted by Crippen LogP contribution is -2.45. The van der Waals surface area contributed by atoms with Crippen LogP contribution in [-0.4, -0.2) is 41.2 Å². The van der Waals surface area contributed by atoms with E-state index in [1.807, 2.05) is 17.0 Å². The van der Waals surface area contributed by atoms with Crippen molar-refractivity contribution in [2.75, 3.05) is 12.8 Å². The molecule has 2 N–H and O–H groups in total. The zero-order valence-corrected chi connectivity index (χ0v) is 17.5. The molecule has 6 heteroatoms. The number of benzene rings is 1. The molecule has 3 rings (SSSR count). The first-order chi connectivity index (χ1) is 14.0. The molecule has 0 aliphatic heterocycles. The highest BCUT2D eigenvalue weighted by Gasteiger charge is 2.28. The molecule has 29 heavy (non-hydrogen) atoms. The summed E-state index contributed by atoms with van der Waals surface area (Å²) in [5.74, 6) is 1.04. The van der Waals surface area contributed by atoms with Gasteiger partial charge in [0.05, 0.1) is 7.11 Å². The SMILES string of the molecule is COc1cc(C(=O)N(C(C)C)C2CCCCC2)ccc1C=Nc1cccnc1N. The Morgan fingerprint density at radius 1 is 1.28 bits per heavy atom. The number of nitrogen functional groups attached to an aromatic ring is 1. The van der Waals surface area contributed by atoms with Crippen LogP contribution in [0, 0.1) is 0 Å². The van der Waals surface area contributed by atoms with Gasteiger partial charge in [0.25, 0.3) is 5.91 Å². The second kappa shape index (κ2) is 9.54. The molecule has 1 amide bonds. The predicted molar refractivity (Wildman–Crippen MR) is 117 cm³/mol. The van der Waals surface area contributed by atoms with Crippen molar-refractivity contribution in [1.29, 1.82) is 0 Å². The van der Waals surface area contributed by atoms with E-state index in [2.05, 4.69) is 23.8 Å². The number of aromatic nitrogens is 1. The molecule has 0 spiro atoms. The predicted octanol–water partition coefficient (Wildman–Crippen LogP) is 4.61. The van der Waals surface area contributed by atoms with E-state index in [1.54, 1.807) is 37.7 Å². The first-order valence-electron chi connectivity index (χ1n) is 10.3. The van der Waals surface area contributed by atoms with Gasteiger partial charge in [0.15, 0.2) is 0 Å². The molecule has 154 valence electrons. The molecule has 1 aromatic heterocycles. The minimum absolute atomic E-state index is 0.0604. The Labute approximate surface area is 172 Å². The highest BCUT2D eigenvalue weighted by Crippen LogP contribution is 2.28. The molecule has 1 aliphatic carbocycles. The van der Waals surface area contributed by atoms with E-state index in [1.165, 1.54) is 19.3 Å². The van der Waals surface area contributed by atoms with Crippen molar-refractivity contribution in [2.24, 2.45) is 4.99 Å². The largest absolute Gasteiger partial charge is 0.496 e. The number of hydrogen-bond donors (Lipinski definition) is 1. The molecule has 2 aromatic rings. The van der Waals surface area contributed by atoms with Crippen molar-refractivity contribution in [2.45, 2.75) is 58.0 Å². The van der Waals surface area contributed by atoms with E-state index in [-0.39, 0.29) is 11.9 Å². The normalized spacial score (nSPS) is 15.0. The summed E-state index contributed by atoms with van der Waals surface area (Å²) in [5, 5.41) is 0. The standard InChI is InChI=1S/C23H30N4O2/c1-16(2)27(19-8-5-4-6-9-19)23(28)17-11-12-18(21(14-17)29-3)15-26-20-10-7-13-25-22(20)24/h7,10-16,19H,4-6,8-9H2,1-3H3,(H2,24,25). The van der Waals surface area contributed by atoms with Crippen LogP contribution in [0.2, 0.25) is 0 Å². The topological polar surface area (TPSA) is 80.8 Å². The number of anilines is 1. The van der Waals surface area contributed by atoms with Crippen LogP contribution in [0.1, 0.15) is 61.9 Å². The Morgan fingerprint density at radius 3 is 2.69 bits per heavy atom. The van der Waals surface area contributed by atoms with Crippen LogP contribution in [-0.2, 0) is 0 Å². The summed E-state index contributed by atoms with van der Waals surface area (Å²) in [6.45, 7) is 4.17. The summed E-state index contributed by atoms with van der Waals surface area (Å²) in [6, 6.07) is 9.57. The van der Waals surface area contributed by atoms with Gasteiger partial charge in [-0.05, 0) is 57.0 Å². The average Bonchev–Trinajstić information content (AvgIpc) is 2.73. The molecule has 0 atom stereocenters. The van der Waals surface area contributed by atoms with Crippen LogP contribution in [0.25, 0.3) is 0 Å². The van der Waals surface area contributed by atoms with Crippen LogP contribution >= 0.6 is 0 Å². The number of methoxy groups -OCH3 is 1. The number of hydrogen-bond acceptors (Lipinski definition) is 5. The van der Waals surface area contributed by atoms with Gasteiger partial charge in [-0.15, -0.1) is 0 Å². The highest BCUT2D eigenvalue weighted by molar-refractivity contribution is 5.97. The lowest BCUT2D eigenvalue weighted by Gasteiger charge is -2.37. The molecule has 1 fully saturated rings. The molecular formula is C23H30N4O2. The molecule has 1 aromatic carbocycles. The minimum Gasteiger partial charge on any atom is -0.496 e. The summed E-state index contributed by atoms with van der Waals surface area (Å²) in [6.07, 6.45) is 9.12. The van der Waals surface area contributed by atoms with Crippen LogP contribution in [0.4, 0.5) is 11.5 Å². The number of carbonyl (C=O) groups is 1. The van der Waals surface area contributed by atoms with Gasteiger partial charge in [0.1, 0.15) is 17.3 Å². The van der Waals surface area contributed by atoms with Crippen molar-refractivity contribution in [1.82, 2.24) is 9.88 Å². The maximum absolute atomic E-state index is 13.3. The van der Waals surface area contributed by atoms with Gasteiger partial charge < -0.3 is 15.4 Å². The van der Waals surface area contributed by atoms with Crippen molar-refractivity contribution < 1.29 is 9.53 Å². The summed E-state index contributed by atoms with van der Waals surface area (Å²) >= 11 is 0. The van der Waals surface area contributed by atoms with E-state index < -0.39 is 0 Å². The van der Waals surface area contributed by atoms with E-state index in [4.69, 9.17) is 10.5 Å². The van der Waals surface area contributed by atoms with E-state index in [0.717, 1.165) is 18.4 Å². The van der Waals surface area contributed by atoms with Crippen molar-refractivity contribution in [3.63, 3.8) is 0 Å². The number of nitrogens with zero attached hydrogens (tertiary/aromatic N) is 3. The van der Waals surface area contributed by atoms with Crippen molar-refractivity contribution in [3.8, 4) is 5.75 Å². The van der Waals surface area contributed by atoms with Gasteiger partial charge >= 0.3 is 0 Å². The lowest BCUT2D eigenvalue weighted by atomic mass is 9.92. The van der Waals surface area contributed by atoms with Gasteiger partial charge in [-0.3, -0.25) is 9.79 Å². The maximum Gasteiger partial charge on any atom is 0.254 e. The molecule has 1 aliphatic rings. The number of rotatable bonds is 6. The third kappa shape index (κ3) is 4.94. The second-order valence-electron chi connectivity index (χ2n) is 7.72. The van der Waals surface area contributed by atoms with Gasteiger partial charge in [-0.2, -0.15) is 0 Å². The van der Waals surface area contributed by atoms with E-state index in [0.29, 0.717) is 28.9 Å². The third-order valence-electron chi connectivity index (χ3n) is 5.40. The Kier molecular flexibility index (Phi) is 6.86. The Morgan fingerprint density at radius 2 is 2.03 bits per heavy atom. The number of nitrogens with two attached hydrogens (primary N) is 1. The van der Waals surface area contributed by atoms with Crippen molar-refractivity contribution in [3.05, 3.63) is 47.7 Å². The number of pyridine rings is 1. The third-order valence-corrected chi connectivity index (χ3v) is 5.40. The quantitative estimate of drug-likeness (QED) is 0.726. The second-order valence-corrected chi connectivity index (χ2v) is 7.72. The van der Waals surface area contributed by atoms with Crippen LogP contribution in [0.5, 0.6) is 5.75 Å². The zero-order chi connectivity index (χ0) is 20.8. The van der Waals surface area contributed by atoms with Gasteiger partial charge in [0.2, 0.25) is 0 Å². The Balaban J connectivity index is 1.85. The van der Waals surface area contributed by atoms with Crippen molar-refractivity contribution >= 4 is 23.6 Å². The fraction of sp³-hybridized carbons (Fsp3) is 0.435. The van der Waals surface area contributed by atoms with Gasteiger partial charge in [-0.25, -0.2) is 4.98 Å². The summed E-state index contributed by atoms with van der Waals surface area (Å²) in [4.78, 5) is 23.8. The lowest BCUT2D eigenvalue weighted by molar-refractivity contribution is 0.0555. The number of aliphatic imine (C=N–C) groups is 1. The van der Waals surface area contributed by atoms with Crippen LogP contribution in [0.15, 0.2) is 41.5 Å². The minimum atomic E-state index is 0.0604. The summed E-state index contributed by atoms with van der Waals surface area (Å²) in [5.41, 5.74) is 7.86. The monoisotopic (exact) mass is 394 g/mol. The Bertz CT molecular complexity index is 873. The molecule has 0 saturated heterocycles. The highest BCUT2D eigenvalue weighted by atomic mass is 16.5. The molecule has 6 nitrogen and oxygen atoms in total. The first-order valence-corrected chi connectivity index (χ1v) is 10.3. The molecule has 1 saturated carbocycles. The number of amides is 1. The van der Waals surface area contributed by atoms with Gasteiger partial charge in [0, 0.05) is 35.6 Å². The number of ether oxygens (including phenoxy) is 1. The Hall–Kier alpha value is -2.89. The van der Waals surface area contributed by atoms with E-state index >= 15 is 0 Å². The molecule has 0 bridgehead atoms. The maximum atomic E-state index is 13.3. The zero-order valence-electron chi connectivity index (χ0n) is 17.5. The summed E-state index contributed by atoms with van der Waals surface area (Å²) in [7, 11) is 1.60. The van der Waals surface area contributed by atoms with Crippen LogP contribution in [0.3, 0.4) is 0 Å². The molecular weight excluding hydrogens is 364 g/mol. The molecule has 0 radical (unpaired) electrons. The fourth-order valence-corrected chi connectivity index (χ4v) is 3.94. The fourth-order valence-electron chi connectivity index (χ4n) is 3.94.